The summed E-state index contributed by atoms with van der Waals surface area (Å²) in [6, 6.07) is 3.71. The number of rotatable bonds is 10. The monoisotopic (exact) mass is 346 g/mol. The zero-order valence-electron chi connectivity index (χ0n) is 16.0. The summed E-state index contributed by atoms with van der Waals surface area (Å²) in [4.78, 5) is 0. The van der Waals surface area contributed by atoms with Crippen LogP contribution in [0.15, 0.2) is 41.5 Å². The summed E-state index contributed by atoms with van der Waals surface area (Å²) < 4.78 is 16.7. The lowest BCUT2D eigenvalue weighted by atomic mass is 10.1. The summed E-state index contributed by atoms with van der Waals surface area (Å²) >= 11 is 0. The lowest BCUT2D eigenvalue weighted by Crippen LogP contribution is -2.01. The molecule has 4 heteroatoms. The maximum absolute atomic E-state index is 8.91. The Kier molecular flexibility index (Phi) is 9.48. The van der Waals surface area contributed by atoms with Crippen molar-refractivity contribution in [3.63, 3.8) is 0 Å². The van der Waals surface area contributed by atoms with Gasteiger partial charge in [0.1, 0.15) is 6.61 Å². The second kappa shape index (κ2) is 11.4. The smallest absolute Gasteiger partial charge is 0.203 e. The molecule has 0 spiro atoms. The maximum Gasteiger partial charge on any atom is 0.203 e. The molecular weight excluding hydrogens is 316 g/mol. The molecule has 1 N–H and O–H groups in total. The highest BCUT2D eigenvalue weighted by molar-refractivity contribution is 5.62. The summed E-state index contributed by atoms with van der Waals surface area (Å²) in [6.45, 7) is 6.78. The van der Waals surface area contributed by atoms with Crippen LogP contribution in [0.25, 0.3) is 6.08 Å². The van der Waals surface area contributed by atoms with Crippen molar-refractivity contribution in [2.24, 2.45) is 0 Å². The molecule has 1 rings (SSSR count). The summed E-state index contributed by atoms with van der Waals surface area (Å²) in [6.07, 6.45) is 9.85. The van der Waals surface area contributed by atoms with Crippen LogP contribution >= 0.6 is 0 Å². The third kappa shape index (κ3) is 7.48. The normalized spacial score (nSPS) is 11.5. The van der Waals surface area contributed by atoms with Crippen molar-refractivity contribution in [2.75, 3.05) is 27.4 Å². The molecule has 0 aromatic heterocycles. The van der Waals surface area contributed by atoms with Gasteiger partial charge in [0, 0.05) is 0 Å². The molecule has 0 radical (unpaired) electrons. The van der Waals surface area contributed by atoms with Crippen LogP contribution in [-0.2, 0) is 0 Å². The number of methoxy groups -OCH3 is 2. The Bertz CT molecular complexity index is 598. The van der Waals surface area contributed by atoms with Crippen molar-refractivity contribution in [2.45, 2.75) is 33.6 Å². The molecule has 25 heavy (non-hydrogen) atoms. The van der Waals surface area contributed by atoms with Gasteiger partial charge in [-0.3, -0.25) is 0 Å². The Balaban J connectivity index is 2.83. The van der Waals surface area contributed by atoms with Crippen molar-refractivity contribution in [3.05, 3.63) is 47.1 Å². The standard InChI is InChI=1S/C21H30O4/c1-16(2)8-6-9-17(3)11-13-25-21-19(23-4)14-18(10-7-12-22)15-20(21)24-5/h7-8,10-11,14-15,22H,6,9,12-13H2,1-5H3/b10-7+,17-11-. The third-order valence-corrected chi connectivity index (χ3v) is 3.65. The van der Waals surface area contributed by atoms with E-state index in [0.717, 1.165) is 18.4 Å². The fraction of sp³-hybridized carbons (Fsp3) is 0.429. The molecule has 4 nitrogen and oxygen atoms in total. The predicted molar refractivity (Wildman–Crippen MR) is 104 cm³/mol. The molecular formula is C21H30O4. The predicted octanol–water partition coefficient (Wildman–Crippen LogP) is 4.78. The SMILES string of the molecule is COc1cc(/C=C/CO)cc(OC)c1OC/C=C(/C)CCC=C(C)C. The molecule has 0 bridgehead atoms. The second-order valence-electron chi connectivity index (χ2n) is 6.02. The third-order valence-electron chi connectivity index (χ3n) is 3.65. The van der Waals surface area contributed by atoms with Crippen LogP contribution < -0.4 is 14.2 Å². The Hall–Kier alpha value is -2.20. The number of benzene rings is 1. The Labute approximate surface area is 151 Å². The molecule has 1 aromatic carbocycles. The number of allylic oxidation sites excluding steroid dienone is 3. The zero-order valence-corrected chi connectivity index (χ0v) is 16.0. The molecule has 138 valence electrons. The van der Waals surface area contributed by atoms with Crippen LogP contribution in [0, 0.1) is 0 Å². The number of hydrogen-bond acceptors (Lipinski definition) is 4. The fourth-order valence-corrected chi connectivity index (χ4v) is 2.29. The summed E-state index contributed by atoms with van der Waals surface area (Å²) in [5.74, 6) is 1.79. The number of ether oxygens (including phenoxy) is 3. The van der Waals surface area contributed by atoms with Gasteiger partial charge in [-0.15, -0.1) is 0 Å². The molecule has 0 aliphatic rings. The molecule has 0 heterocycles. The summed E-state index contributed by atoms with van der Waals surface area (Å²) in [5.41, 5.74) is 3.51. The molecule has 1 aromatic rings. The van der Waals surface area contributed by atoms with Gasteiger partial charge < -0.3 is 19.3 Å². The van der Waals surface area contributed by atoms with Crippen LogP contribution in [0.2, 0.25) is 0 Å². The molecule has 0 atom stereocenters. The van der Waals surface area contributed by atoms with Gasteiger partial charge in [0.05, 0.1) is 20.8 Å². The molecule has 0 saturated carbocycles. The van der Waals surface area contributed by atoms with Gasteiger partial charge in [-0.25, -0.2) is 0 Å². The average molecular weight is 346 g/mol. The van der Waals surface area contributed by atoms with Crippen molar-refractivity contribution in [3.8, 4) is 17.2 Å². The van der Waals surface area contributed by atoms with E-state index in [-0.39, 0.29) is 6.61 Å². The van der Waals surface area contributed by atoms with E-state index >= 15 is 0 Å². The highest BCUT2D eigenvalue weighted by Gasteiger charge is 2.13. The fourth-order valence-electron chi connectivity index (χ4n) is 2.29. The number of aliphatic hydroxyl groups excluding tert-OH is 1. The second-order valence-corrected chi connectivity index (χ2v) is 6.02. The molecule has 0 amide bonds. The highest BCUT2D eigenvalue weighted by Crippen LogP contribution is 2.39. The van der Waals surface area contributed by atoms with Gasteiger partial charge in [0.2, 0.25) is 5.75 Å². The largest absolute Gasteiger partial charge is 0.493 e. The minimum Gasteiger partial charge on any atom is -0.493 e. The van der Waals surface area contributed by atoms with E-state index in [1.807, 2.05) is 18.2 Å². The topological polar surface area (TPSA) is 47.9 Å². The van der Waals surface area contributed by atoms with Crippen LogP contribution in [0.3, 0.4) is 0 Å². The van der Waals surface area contributed by atoms with E-state index in [9.17, 15) is 0 Å². The van der Waals surface area contributed by atoms with Crippen LogP contribution in [0.4, 0.5) is 0 Å². The van der Waals surface area contributed by atoms with E-state index in [0.29, 0.717) is 23.9 Å². The Morgan fingerprint density at radius 2 is 1.68 bits per heavy atom. The maximum atomic E-state index is 8.91. The summed E-state index contributed by atoms with van der Waals surface area (Å²) in [7, 11) is 3.20. The number of hydrogen-bond donors (Lipinski definition) is 1. The Morgan fingerprint density at radius 3 is 2.20 bits per heavy atom. The molecule has 0 fully saturated rings. The first-order valence-electron chi connectivity index (χ1n) is 8.47. The van der Waals surface area contributed by atoms with Crippen LogP contribution in [-0.4, -0.2) is 32.5 Å². The first-order valence-corrected chi connectivity index (χ1v) is 8.47. The number of aliphatic hydroxyl groups is 1. The van der Waals surface area contributed by atoms with Gasteiger partial charge in [0.15, 0.2) is 11.5 Å². The van der Waals surface area contributed by atoms with Crippen LogP contribution in [0.5, 0.6) is 17.2 Å². The van der Waals surface area contributed by atoms with Gasteiger partial charge >= 0.3 is 0 Å². The van der Waals surface area contributed by atoms with Gasteiger partial charge in [0.25, 0.3) is 0 Å². The molecule has 0 aliphatic heterocycles. The van der Waals surface area contributed by atoms with E-state index in [1.54, 1.807) is 20.3 Å². The van der Waals surface area contributed by atoms with Crippen molar-refractivity contribution < 1.29 is 19.3 Å². The lowest BCUT2D eigenvalue weighted by molar-refractivity contribution is 0.300. The van der Waals surface area contributed by atoms with E-state index in [2.05, 4.69) is 32.9 Å². The van der Waals surface area contributed by atoms with Crippen molar-refractivity contribution >= 4 is 6.08 Å². The van der Waals surface area contributed by atoms with Gasteiger partial charge in [-0.05, 0) is 57.4 Å². The summed E-state index contributed by atoms with van der Waals surface area (Å²) in [5, 5.41) is 8.91. The highest BCUT2D eigenvalue weighted by atomic mass is 16.5. The molecule has 0 unspecified atom stereocenters. The van der Waals surface area contributed by atoms with Crippen molar-refractivity contribution in [1.29, 1.82) is 0 Å². The zero-order chi connectivity index (χ0) is 18.7. The van der Waals surface area contributed by atoms with Gasteiger partial charge in [-0.1, -0.05) is 29.4 Å². The van der Waals surface area contributed by atoms with Crippen LogP contribution in [0.1, 0.15) is 39.2 Å². The van der Waals surface area contributed by atoms with Crippen molar-refractivity contribution in [1.82, 2.24) is 0 Å². The lowest BCUT2D eigenvalue weighted by Gasteiger charge is -2.14. The quantitative estimate of drug-likeness (QED) is 0.619. The Morgan fingerprint density at radius 1 is 1.04 bits per heavy atom. The van der Waals surface area contributed by atoms with E-state index in [4.69, 9.17) is 19.3 Å². The molecule has 0 aliphatic carbocycles. The minimum atomic E-state index is -0.0142. The van der Waals surface area contributed by atoms with E-state index in [1.165, 1.54) is 11.1 Å². The van der Waals surface area contributed by atoms with E-state index < -0.39 is 0 Å². The first kappa shape index (κ1) is 20.8. The minimum absolute atomic E-state index is 0.0142. The average Bonchev–Trinajstić information content (AvgIpc) is 2.59. The van der Waals surface area contributed by atoms with Gasteiger partial charge in [-0.2, -0.15) is 0 Å². The first-order chi connectivity index (χ1) is 12.0. The molecule has 0 saturated heterocycles.